The summed E-state index contributed by atoms with van der Waals surface area (Å²) in [6, 6.07) is 13.5. The first-order valence-corrected chi connectivity index (χ1v) is 16.1. The van der Waals surface area contributed by atoms with Crippen LogP contribution in [0.25, 0.3) is 17.1 Å². The van der Waals surface area contributed by atoms with Crippen molar-refractivity contribution < 1.29 is 14.1 Å². The first kappa shape index (κ1) is 30.7. The summed E-state index contributed by atoms with van der Waals surface area (Å²) in [5.41, 5.74) is 2.40. The Labute approximate surface area is 265 Å². The minimum absolute atomic E-state index is 0.00395. The minimum atomic E-state index is -0.343. The number of ether oxygens (including phenoxy) is 1. The highest BCUT2D eigenvalue weighted by atomic mass is 32.2. The summed E-state index contributed by atoms with van der Waals surface area (Å²) < 4.78 is 21.2. The van der Waals surface area contributed by atoms with Crippen molar-refractivity contribution in [2.45, 2.75) is 24.0 Å². The molecule has 0 amide bonds. The second kappa shape index (κ2) is 13.4. The van der Waals surface area contributed by atoms with E-state index in [9.17, 15) is 14.5 Å². The summed E-state index contributed by atoms with van der Waals surface area (Å²) in [4.78, 5) is 23.4. The Hall–Kier alpha value is -4.27. The molecular formula is C31H36FN9O3S. The number of hydrogen-bond acceptors (Lipinski definition) is 11. The fourth-order valence-electron chi connectivity index (χ4n) is 6.10. The number of methoxy groups -OCH3 is 1. The third-order valence-electron chi connectivity index (χ3n) is 8.54. The molecule has 2 fully saturated rings. The van der Waals surface area contributed by atoms with Crippen molar-refractivity contribution in [3.05, 3.63) is 70.7 Å². The maximum absolute atomic E-state index is 13.6. The summed E-state index contributed by atoms with van der Waals surface area (Å²) in [5.74, 6) is 1.13. The van der Waals surface area contributed by atoms with Crippen molar-refractivity contribution in [1.29, 1.82) is 0 Å². The number of rotatable bonds is 9. The van der Waals surface area contributed by atoms with E-state index in [-0.39, 0.29) is 16.4 Å². The Morgan fingerprint density at radius 3 is 2.42 bits per heavy atom. The first-order chi connectivity index (χ1) is 21.8. The minimum Gasteiger partial charge on any atom is -0.494 e. The maximum atomic E-state index is 13.6. The molecule has 4 heterocycles. The fourth-order valence-corrected chi connectivity index (χ4v) is 6.59. The quantitative estimate of drug-likeness (QED) is 0.151. The molecule has 0 radical (unpaired) electrons. The number of piperazine rings is 1. The number of nitrogens with one attached hydrogen (secondary N) is 1. The largest absolute Gasteiger partial charge is 0.494 e. The Morgan fingerprint density at radius 2 is 1.76 bits per heavy atom. The van der Waals surface area contributed by atoms with E-state index >= 15 is 0 Å². The summed E-state index contributed by atoms with van der Waals surface area (Å²) in [6.45, 7) is 5.36. The van der Waals surface area contributed by atoms with Gasteiger partial charge in [-0.1, -0.05) is 11.8 Å². The van der Waals surface area contributed by atoms with E-state index in [1.807, 2.05) is 16.9 Å². The molecule has 2 saturated heterocycles. The van der Waals surface area contributed by atoms with E-state index in [0.29, 0.717) is 64.3 Å². The van der Waals surface area contributed by atoms with Crippen molar-refractivity contribution >= 4 is 34.6 Å². The highest BCUT2D eigenvalue weighted by Gasteiger charge is 2.30. The second-order valence-electron chi connectivity index (χ2n) is 11.2. The Balaban J connectivity index is 1.26. The van der Waals surface area contributed by atoms with E-state index in [1.54, 1.807) is 37.6 Å². The average Bonchev–Trinajstić information content (AvgIpc) is 3.50. The number of nitro benzene ring substituents is 1. The zero-order valence-electron chi connectivity index (χ0n) is 25.5. The summed E-state index contributed by atoms with van der Waals surface area (Å²) >= 11 is 1.42. The van der Waals surface area contributed by atoms with Crippen LogP contribution in [-0.4, -0.2) is 100 Å². The highest BCUT2D eigenvalue weighted by Crippen LogP contribution is 2.40. The van der Waals surface area contributed by atoms with Crippen LogP contribution < -0.4 is 15.0 Å². The van der Waals surface area contributed by atoms with Crippen LogP contribution in [0.1, 0.15) is 12.8 Å². The Bertz CT molecular complexity index is 1650. The SMILES string of the molecule is COc1cc(N2CCN(C3CCN(C)CC3)CC2)c([N+](=O)[O-])cc1Nc1cc(-n2c(SC)nnc2-c2ccc(F)cc2)ccn1. The Kier molecular flexibility index (Phi) is 9.14. The van der Waals surface area contributed by atoms with Gasteiger partial charge in [-0.25, -0.2) is 9.37 Å². The number of hydrogen-bond donors (Lipinski definition) is 1. The lowest BCUT2D eigenvalue weighted by molar-refractivity contribution is -0.384. The van der Waals surface area contributed by atoms with Gasteiger partial charge in [-0.2, -0.15) is 0 Å². The number of likely N-dealkylation sites (tertiary alicyclic amines) is 1. The van der Waals surface area contributed by atoms with Gasteiger partial charge >= 0.3 is 0 Å². The molecule has 4 aromatic rings. The molecule has 0 saturated carbocycles. The van der Waals surface area contributed by atoms with Crippen LogP contribution >= 0.6 is 11.8 Å². The van der Waals surface area contributed by atoms with Crippen molar-refractivity contribution in [3.63, 3.8) is 0 Å². The number of nitro groups is 1. The third kappa shape index (κ3) is 6.58. The van der Waals surface area contributed by atoms with Gasteiger partial charge in [0, 0.05) is 62.2 Å². The lowest BCUT2D eigenvalue weighted by Crippen LogP contribution is -2.53. The summed E-state index contributed by atoms with van der Waals surface area (Å²) in [5, 5.41) is 24.8. The Morgan fingerprint density at radius 1 is 1.02 bits per heavy atom. The van der Waals surface area contributed by atoms with Gasteiger partial charge in [-0.3, -0.25) is 19.6 Å². The van der Waals surface area contributed by atoms with Crippen molar-refractivity contribution in [2.24, 2.45) is 0 Å². The lowest BCUT2D eigenvalue weighted by atomic mass is 10.0. The van der Waals surface area contributed by atoms with E-state index in [0.717, 1.165) is 39.0 Å². The van der Waals surface area contributed by atoms with Gasteiger partial charge < -0.3 is 19.9 Å². The molecule has 2 aromatic heterocycles. The summed E-state index contributed by atoms with van der Waals surface area (Å²) in [7, 11) is 3.71. The van der Waals surface area contributed by atoms with Crippen LogP contribution in [0.3, 0.4) is 0 Å². The predicted octanol–water partition coefficient (Wildman–Crippen LogP) is 5.07. The molecule has 0 spiro atoms. The first-order valence-electron chi connectivity index (χ1n) is 14.9. The van der Waals surface area contributed by atoms with Crippen LogP contribution in [0, 0.1) is 15.9 Å². The van der Waals surface area contributed by atoms with Gasteiger partial charge in [0.15, 0.2) is 11.0 Å². The molecule has 236 valence electrons. The van der Waals surface area contributed by atoms with Gasteiger partial charge in [-0.05, 0) is 69.6 Å². The maximum Gasteiger partial charge on any atom is 0.294 e. The molecule has 2 aliphatic rings. The standard InChI is InChI=1S/C31H36FN9O3S/c1-37-12-9-23(10-13-37)38-14-16-39(17-15-38)26-20-28(44-2)25(19-27(26)41(42)43)34-29-18-24(8-11-33-29)40-30(35-36-31(40)45-3)21-4-6-22(32)7-5-21/h4-8,11,18-20,23H,9-10,12-17H2,1-3H3,(H,33,34). The predicted molar refractivity (Wildman–Crippen MR) is 174 cm³/mol. The molecule has 0 atom stereocenters. The van der Waals surface area contributed by atoms with Crippen molar-refractivity contribution in [2.75, 3.05) is 69.9 Å². The second-order valence-corrected chi connectivity index (χ2v) is 12.0. The molecule has 12 nitrogen and oxygen atoms in total. The van der Waals surface area contributed by atoms with E-state index in [1.165, 1.54) is 30.0 Å². The summed E-state index contributed by atoms with van der Waals surface area (Å²) in [6.07, 6.45) is 5.85. The number of halogens is 1. The molecular weight excluding hydrogens is 597 g/mol. The molecule has 2 aliphatic heterocycles. The molecule has 6 rings (SSSR count). The molecule has 0 unspecified atom stereocenters. The van der Waals surface area contributed by atoms with Crippen LogP contribution in [0.2, 0.25) is 0 Å². The number of piperidine rings is 1. The smallest absolute Gasteiger partial charge is 0.294 e. The van der Waals surface area contributed by atoms with E-state index in [2.05, 4.69) is 42.2 Å². The normalized spacial score (nSPS) is 16.6. The van der Waals surface area contributed by atoms with Gasteiger partial charge in [0.05, 0.1) is 23.4 Å². The molecule has 0 aliphatic carbocycles. The molecule has 45 heavy (non-hydrogen) atoms. The molecule has 2 aromatic carbocycles. The van der Waals surface area contributed by atoms with E-state index in [4.69, 9.17) is 4.74 Å². The number of pyridine rings is 1. The number of aromatic nitrogens is 4. The topological polar surface area (TPSA) is 118 Å². The van der Waals surface area contributed by atoms with Crippen LogP contribution in [0.5, 0.6) is 5.75 Å². The van der Waals surface area contributed by atoms with Gasteiger partial charge in [-0.15, -0.1) is 10.2 Å². The van der Waals surface area contributed by atoms with Crippen molar-refractivity contribution in [1.82, 2.24) is 29.5 Å². The van der Waals surface area contributed by atoms with Crippen LogP contribution in [-0.2, 0) is 0 Å². The van der Waals surface area contributed by atoms with E-state index < -0.39 is 0 Å². The molecule has 1 N–H and O–H groups in total. The number of nitrogens with zero attached hydrogens (tertiary/aromatic N) is 8. The number of benzene rings is 2. The van der Waals surface area contributed by atoms with Gasteiger partial charge in [0.25, 0.3) is 5.69 Å². The third-order valence-corrected chi connectivity index (χ3v) is 9.16. The van der Waals surface area contributed by atoms with Gasteiger partial charge in [0.2, 0.25) is 0 Å². The number of anilines is 3. The molecule has 0 bridgehead atoms. The van der Waals surface area contributed by atoms with Crippen LogP contribution in [0.4, 0.5) is 27.3 Å². The van der Waals surface area contributed by atoms with Gasteiger partial charge in [0.1, 0.15) is 23.1 Å². The number of thioether (sulfide) groups is 1. The fraction of sp³-hybridized carbons (Fsp3) is 0.387. The zero-order valence-corrected chi connectivity index (χ0v) is 26.3. The van der Waals surface area contributed by atoms with Crippen molar-refractivity contribution in [3.8, 4) is 22.8 Å². The lowest BCUT2D eigenvalue weighted by Gasteiger charge is -2.42. The highest BCUT2D eigenvalue weighted by molar-refractivity contribution is 7.98. The monoisotopic (exact) mass is 633 g/mol. The average molecular weight is 634 g/mol. The molecule has 14 heteroatoms. The zero-order chi connectivity index (χ0) is 31.5. The van der Waals surface area contributed by atoms with Crippen LogP contribution in [0.15, 0.2) is 59.9 Å².